The lowest BCUT2D eigenvalue weighted by molar-refractivity contribution is -0.121. The van der Waals surface area contributed by atoms with Crippen molar-refractivity contribution in [3.63, 3.8) is 0 Å². The lowest BCUT2D eigenvalue weighted by atomic mass is 10.2. The zero-order valence-electron chi connectivity index (χ0n) is 12.0. The number of hydrogen-bond acceptors (Lipinski definition) is 3. The number of carbonyl (C=O) groups excluding carboxylic acids is 2. The largest absolute Gasteiger partial charge is 0.497 e. The third-order valence-electron chi connectivity index (χ3n) is 3.41. The van der Waals surface area contributed by atoms with Crippen molar-refractivity contribution in [3.8, 4) is 5.75 Å². The fourth-order valence-corrected chi connectivity index (χ4v) is 2.48. The number of hydrogen-bond donors (Lipinski definition) is 1. The van der Waals surface area contributed by atoms with Gasteiger partial charge in [-0.1, -0.05) is 0 Å². The van der Waals surface area contributed by atoms with Crippen LogP contribution in [0.4, 0.5) is 5.69 Å². The van der Waals surface area contributed by atoms with Gasteiger partial charge in [0.1, 0.15) is 5.75 Å². The molecule has 0 radical (unpaired) electrons. The highest BCUT2D eigenvalue weighted by Gasteiger charge is 2.31. The van der Waals surface area contributed by atoms with Crippen LogP contribution < -0.4 is 15.0 Å². The van der Waals surface area contributed by atoms with Crippen molar-refractivity contribution in [1.29, 1.82) is 0 Å². The van der Waals surface area contributed by atoms with Gasteiger partial charge in [-0.3, -0.25) is 9.59 Å². The number of nitrogens with zero attached hydrogens (tertiary/aromatic N) is 1. The summed E-state index contributed by atoms with van der Waals surface area (Å²) in [6, 6.07) is 7.18. The van der Waals surface area contributed by atoms with Crippen LogP contribution in [0.25, 0.3) is 0 Å². The molecule has 0 aliphatic carbocycles. The van der Waals surface area contributed by atoms with Gasteiger partial charge in [0, 0.05) is 31.0 Å². The van der Waals surface area contributed by atoms with Gasteiger partial charge >= 0.3 is 0 Å². The molecular formula is C15H19ClN2O3. The van der Waals surface area contributed by atoms with E-state index in [1.165, 1.54) is 0 Å². The second-order valence-corrected chi connectivity index (χ2v) is 5.34. The Kier molecular flexibility index (Phi) is 5.44. The number of halogens is 1. The number of ether oxygens (including phenoxy) is 1. The molecule has 5 nitrogen and oxygen atoms in total. The van der Waals surface area contributed by atoms with Gasteiger partial charge in [-0.05, 0) is 30.7 Å². The van der Waals surface area contributed by atoms with Crippen molar-refractivity contribution in [2.75, 3.05) is 24.4 Å². The number of carbonyl (C=O) groups is 2. The molecule has 0 spiro atoms. The second kappa shape index (κ2) is 7.31. The molecule has 0 aromatic heterocycles. The molecule has 0 saturated carbocycles. The molecule has 114 valence electrons. The van der Waals surface area contributed by atoms with Crippen molar-refractivity contribution in [3.05, 3.63) is 24.3 Å². The third-order valence-corrected chi connectivity index (χ3v) is 3.68. The Bertz CT molecular complexity index is 504. The predicted octanol–water partition coefficient (Wildman–Crippen LogP) is 1.94. The summed E-state index contributed by atoms with van der Waals surface area (Å²) in [5.41, 5.74) is 0.818. The number of rotatable bonds is 6. The quantitative estimate of drug-likeness (QED) is 0.817. The molecule has 1 saturated heterocycles. The highest BCUT2D eigenvalue weighted by Crippen LogP contribution is 2.24. The summed E-state index contributed by atoms with van der Waals surface area (Å²) in [6.07, 6.45) is 1.38. The first-order valence-corrected chi connectivity index (χ1v) is 7.47. The Balaban J connectivity index is 1.94. The summed E-state index contributed by atoms with van der Waals surface area (Å²) >= 11 is 5.56. The van der Waals surface area contributed by atoms with Gasteiger partial charge in [0.2, 0.25) is 11.8 Å². The number of anilines is 1. The Morgan fingerprint density at radius 1 is 1.43 bits per heavy atom. The monoisotopic (exact) mass is 310 g/mol. The van der Waals surface area contributed by atoms with Crippen LogP contribution in [0.15, 0.2) is 24.3 Å². The Labute approximate surface area is 129 Å². The summed E-state index contributed by atoms with van der Waals surface area (Å²) in [4.78, 5) is 25.4. The number of methoxy groups -OCH3 is 1. The van der Waals surface area contributed by atoms with E-state index >= 15 is 0 Å². The van der Waals surface area contributed by atoms with Gasteiger partial charge < -0.3 is 15.0 Å². The van der Waals surface area contributed by atoms with E-state index in [4.69, 9.17) is 16.3 Å². The summed E-state index contributed by atoms with van der Waals surface area (Å²) in [6.45, 7) is 0.498. The van der Waals surface area contributed by atoms with E-state index in [1.54, 1.807) is 12.0 Å². The fourth-order valence-electron chi connectivity index (χ4n) is 2.34. The van der Waals surface area contributed by atoms with Gasteiger partial charge in [-0.2, -0.15) is 0 Å². The van der Waals surface area contributed by atoms with Gasteiger partial charge in [-0.25, -0.2) is 0 Å². The SMILES string of the molecule is COc1ccc(N2C[C@@H](NC(=O)CCCCl)CC2=O)cc1. The Morgan fingerprint density at radius 2 is 2.14 bits per heavy atom. The summed E-state index contributed by atoms with van der Waals surface area (Å²) < 4.78 is 5.10. The normalized spacial score (nSPS) is 17.9. The van der Waals surface area contributed by atoms with E-state index in [0.29, 0.717) is 31.7 Å². The smallest absolute Gasteiger partial charge is 0.229 e. The van der Waals surface area contributed by atoms with Crippen molar-refractivity contribution < 1.29 is 14.3 Å². The lowest BCUT2D eigenvalue weighted by Gasteiger charge is -2.17. The van der Waals surface area contributed by atoms with Crippen LogP contribution in [0.1, 0.15) is 19.3 Å². The molecular weight excluding hydrogens is 292 g/mol. The van der Waals surface area contributed by atoms with E-state index < -0.39 is 0 Å². The van der Waals surface area contributed by atoms with Crippen LogP contribution in [0, 0.1) is 0 Å². The number of alkyl halides is 1. The molecule has 21 heavy (non-hydrogen) atoms. The van der Waals surface area contributed by atoms with Crippen LogP contribution in [-0.2, 0) is 9.59 Å². The van der Waals surface area contributed by atoms with Crippen LogP contribution >= 0.6 is 11.6 Å². The number of benzene rings is 1. The van der Waals surface area contributed by atoms with Crippen molar-refractivity contribution in [1.82, 2.24) is 5.32 Å². The fraction of sp³-hybridized carbons (Fsp3) is 0.467. The maximum Gasteiger partial charge on any atom is 0.229 e. The average Bonchev–Trinajstić information content (AvgIpc) is 2.85. The van der Waals surface area contributed by atoms with Gasteiger partial charge in [0.05, 0.1) is 13.2 Å². The maximum absolute atomic E-state index is 12.1. The van der Waals surface area contributed by atoms with Crippen molar-refractivity contribution in [2.45, 2.75) is 25.3 Å². The minimum absolute atomic E-state index is 0.0165. The van der Waals surface area contributed by atoms with Crippen LogP contribution in [0.5, 0.6) is 5.75 Å². The molecule has 6 heteroatoms. The molecule has 1 aliphatic rings. The topological polar surface area (TPSA) is 58.6 Å². The molecule has 1 fully saturated rings. The van der Waals surface area contributed by atoms with Crippen LogP contribution in [0.3, 0.4) is 0 Å². The zero-order valence-corrected chi connectivity index (χ0v) is 12.7. The van der Waals surface area contributed by atoms with Gasteiger partial charge in [-0.15, -0.1) is 11.6 Å². The molecule has 1 aromatic carbocycles. The number of nitrogens with one attached hydrogen (secondary N) is 1. The van der Waals surface area contributed by atoms with Gasteiger partial charge in [0.15, 0.2) is 0 Å². The first-order chi connectivity index (χ1) is 10.1. The maximum atomic E-state index is 12.1. The van der Waals surface area contributed by atoms with E-state index in [9.17, 15) is 9.59 Å². The minimum Gasteiger partial charge on any atom is -0.497 e. The van der Waals surface area contributed by atoms with E-state index in [-0.39, 0.29) is 17.9 Å². The molecule has 1 aromatic rings. The van der Waals surface area contributed by atoms with E-state index in [1.807, 2.05) is 24.3 Å². The molecule has 0 unspecified atom stereocenters. The second-order valence-electron chi connectivity index (χ2n) is 4.96. The third kappa shape index (κ3) is 4.11. The minimum atomic E-state index is -0.137. The standard InChI is InChI=1S/C15H19ClN2O3/c1-21-13-6-4-12(5-7-13)18-10-11(9-15(18)20)17-14(19)3-2-8-16/h4-7,11H,2-3,8-10H2,1H3,(H,17,19)/t11-/m0/s1. The first kappa shape index (κ1) is 15.6. The summed E-state index contributed by atoms with van der Waals surface area (Å²) in [7, 11) is 1.60. The average molecular weight is 311 g/mol. The van der Waals surface area contributed by atoms with E-state index in [0.717, 1.165) is 11.4 Å². The molecule has 1 aliphatic heterocycles. The molecule has 1 heterocycles. The Hall–Kier alpha value is -1.75. The lowest BCUT2D eigenvalue weighted by Crippen LogP contribution is -2.37. The van der Waals surface area contributed by atoms with E-state index in [2.05, 4.69) is 5.32 Å². The molecule has 2 rings (SSSR count). The zero-order chi connectivity index (χ0) is 15.2. The first-order valence-electron chi connectivity index (χ1n) is 6.93. The van der Waals surface area contributed by atoms with Gasteiger partial charge in [0.25, 0.3) is 0 Å². The Morgan fingerprint density at radius 3 is 2.76 bits per heavy atom. The van der Waals surface area contributed by atoms with Crippen molar-refractivity contribution >= 4 is 29.1 Å². The molecule has 1 N–H and O–H groups in total. The van der Waals surface area contributed by atoms with Crippen LogP contribution in [0.2, 0.25) is 0 Å². The van der Waals surface area contributed by atoms with Crippen molar-refractivity contribution in [2.24, 2.45) is 0 Å². The highest BCUT2D eigenvalue weighted by atomic mass is 35.5. The summed E-state index contributed by atoms with van der Waals surface area (Å²) in [5.74, 6) is 1.18. The number of amides is 2. The predicted molar refractivity (Wildman–Crippen MR) is 81.8 cm³/mol. The molecule has 1 atom stereocenters. The highest BCUT2D eigenvalue weighted by molar-refractivity contribution is 6.17. The van der Waals surface area contributed by atoms with Crippen LogP contribution in [-0.4, -0.2) is 37.4 Å². The molecule has 0 bridgehead atoms. The molecule has 2 amide bonds. The summed E-state index contributed by atoms with van der Waals surface area (Å²) in [5, 5.41) is 2.88.